The number of aryl methyl sites for hydroxylation is 1. The van der Waals surface area contributed by atoms with Crippen molar-refractivity contribution in [3.8, 4) is 11.1 Å². The number of anilines is 3. The fraction of sp³-hybridized carbons (Fsp3) is 0.0909. The van der Waals surface area contributed by atoms with Crippen LogP contribution in [-0.4, -0.2) is 33.6 Å². The van der Waals surface area contributed by atoms with Crippen molar-refractivity contribution in [3.63, 3.8) is 0 Å². The van der Waals surface area contributed by atoms with E-state index in [0.29, 0.717) is 39.1 Å². The van der Waals surface area contributed by atoms with Gasteiger partial charge in [0.15, 0.2) is 5.82 Å². The van der Waals surface area contributed by atoms with Gasteiger partial charge in [-0.1, -0.05) is 12.1 Å². The Balaban J connectivity index is 1.61. The van der Waals surface area contributed by atoms with E-state index in [2.05, 4.69) is 26.0 Å². The molecule has 32 heavy (non-hydrogen) atoms. The summed E-state index contributed by atoms with van der Waals surface area (Å²) < 4.78 is 15.0. The Morgan fingerprint density at radius 2 is 1.78 bits per heavy atom. The van der Waals surface area contributed by atoms with Gasteiger partial charge in [-0.05, 0) is 48.4 Å². The van der Waals surface area contributed by atoms with Gasteiger partial charge in [0.1, 0.15) is 17.7 Å². The number of nitrogens with zero attached hydrogens (tertiary/aromatic N) is 3. The van der Waals surface area contributed by atoms with Crippen molar-refractivity contribution in [2.75, 3.05) is 23.4 Å². The number of carbonyl (C=O) groups excluding carboxylic acids is 2. The fourth-order valence-electron chi connectivity index (χ4n) is 3.46. The Bertz CT molecular complexity index is 1310. The summed E-state index contributed by atoms with van der Waals surface area (Å²) in [5, 5.41) is 12.0. The highest BCUT2D eigenvalue weighted by Gasteiger charge is 2.20. The molecule has 9 nitrogen and oxygen atoms in total. The maximum atomic E-state index is 13.5. The third kappa shape index (κ3) is 4.06. The zero-order valence-electron chi connectivity index (χ0n) is 17.3. The van der Waals surface area contributed by atoms with Gasteiger partial charge >= 0.3 is 6.03 Å². The molecule has 5 N–H and O–H groups in total. The van der Waals surface area contributed by atoms with Crippen LogP contribution >= 0.6 is 0 Å². The minimum atomic E-state index is -0.513. The first-order valence-corrected chi connectivity index (χ1v) is 9.65. The molecule has 0 aliphatic heterocycles. The van der Waals surface area contributed by atoms with Crippen LogP contribution < -0.4 is 21.7 Å². The predicted molar refractivity (Wildman–Crippen MR) is 120 cm³/mol. The van der Waals surface area contributed by atoms with Crippen LogP contribution in [0, 0.1) is 12.7 Å². The van der Waals surface area contributed by atoms with E-state index in [-0.39, 0.29) is 11.7 Å². The Hall–Kier alpha value is -4.47. The number of urea groups is 1. The predicted octanol–water partition coefficient (Wildman–Crippen LogP) is 3.43. The van der Waals surface area contributed by atoms with E-state index in [9.17, 15) is 14.0 Å². The van der Waals surface area contributed by atoms with Gasteiger partial charge < -0.3 is 21.7 Å². The lowest BCUT2D eigenvalue weighted by Gasteiger charge is -2.10. The fourth-order valence-corrected chi connectivity index (χ4v) is 3.46. The molecule has 4 rings (SSSR count). The standard InChI is InChI=1S/C22H20FN7O2/c1-12-7-14(23)9-16(8-12)29-22(32)28-15-5-3-13(4-6-15)18-17(21(31)25-2)10-30-19(18)20(24)26-11-27-30/h3-11H,1-2H3,(H,25,31)(H2,24,26,27)(H2,28,29,32). The van der Waals surface area contributed by atoms with Crippen molar-refractivity contribution in [3.05, 3.63) is 71.9 Å². The lowest BCUT2D eigenvalue weighted by atomic mass is 10.0. The van der Waals surface area contributed by atoms with E-state index in [4.69, 9.17) is 5.73 Å². The molecule has 3 amide bonds. The molecule has 4 aromatic rings. The number of benzene rings is 2. The number of carbonyl (C=O) groups is 2. The van der Waals surface area contributed by atoms with Crippen molar-refractivity contribution >= 4 is 34.6 Å². The normalized spacial score (nSPS) is 10.7. The van der Waals surface area contributed by atoms with Crippen LogP contribution in [0.1, 0.15) is 15.9 Å². The Morgan fingerprint density at radius 1 is 1.06 bits per heavy atom. The number of fused-ring (bicyclic) bond motifs is 1. The van der Waals surface area contributed by atoms with Crippen LogP contribution in [0.2, 0.25) is 0 Å². The van der Waals surface area contributed by atoms with Crippen LogP contribution in [0.5, 0.6) is 0 Å². The quantitative estimate of drug-likeness (QED) is 0.392. The molecule has 0 spiro atoms. The van der Waals surface area contributed by atoms with Crippen LogP contribution in [0.3, 0.4) is 0 Å². The van der Waals surface area contributed by atoms with Gasteiger partial charge in [-0.2, -0.15) is 5.10 Å². The minimum absolute atomic E-state index is 0.233. The number of aromatic nitrogens is 3. The van der Waals surface area contributed by atoms with Crippen LogP contribution in [-0.2, 0) is 0 Å². The molecule has 2 aromatic carbocycles. The Labute approximate surface area is 182 Å². The van der Waals surface area contributed by atoms with Crippen molar-refractivity contribution in [2.45, 2.75) is 6.92 Å². The lowest BCUT2D eigenvalue weighted by Crippen LogP contribution is -2.19. The van der Waals surface area contributed by atoms with E-state index >= 15 is 0 Å². The molecular formula is C22H20FN7O2. The number of hydrogen-bond donors (Lipinski definition) is 4. The first-order valence-electron chi connectivity index (χ1n) is 9.65. The Morgan fingerprint density at radius 3 is 2.47 bits per heavy atom. The molecule has 0 radical (unpaired) electrons. The summed E-state index contributed by atoms with van der Waals surface area (Å²) in [7, 11) is 1.54. The molecule has 162 valence electrons. The van der Waals surface area contributed by atoms with Crippen LogP contribution in [0.15, 0.2) is 55.0 Å². The van der Waals surface area contributed by atoms with Gasteiger partial charge in [0, 0.05) is 30.2 Å². The topological polar surface area (TPSA) is 126 Å². The molecule has 0 saturated heterocycles. The smallest absolute Gasteiger partial charge is 0.323 e. The van der Waals surface area contributed by atoms with Crippen LogP contribution in [0.4, 0.5) is 26.4 Å². The molecule has 2 aromatic heterocycles. The van der Waals surface area contributed by atoms with E-state index in [1.807, 2.05) is 0 Å². The third-order valence-corrected chi connectivity index (χ3v) is 4.81. The highest BCUT2D eigenvalue weighted by Crippen LogP contribution is 2.33. The number of nitrogens with two attached hydrogens (primary N) is 1. The summed E-state index contributed by atoms with van der Waals surface area (Å²) in [5.74, 6) is -0.492. The Kier molecular flexibility index (Phi) is 5.42. The van der Waals surface area contributed by atoms with E-state index in [1.54, 1.807) is 43.5 Å². The van der Waals surface area contributed by atoms with Gasteiger partial charge in [-0.15, -0.1) is 0 Å². The van der Waals surface area contributed by atoms with Gasteiger partial charge in [-0.25, -0.2) is 18.7 Å². The van der Waals surface area contributed by atoms with Gasteiger partial charge in [0.25, 0.3) is 5.91 Å². The second-order valence-corrected chi connectivity index (χ2v) is 7.11. The van der Waals surface area contributed by atoms with Crippen molar-refractivity contribution in [1.29, 1.82) is 0 Å². The number of halogens is 1. The first kappa shape index (κ1) is 20.8. The monoisotopic (exact) mass is 433 g/mol. The highest BCUT2D eigenvalue weighted by molar-refractivity contribution is 6.07. The molecule has 0 saturated carbocycles. The summed E-state index contributed by atoms with van der Waals surface area (Å²) in [6.07, 6.45) is 2.90. The molecule has 0 bridgehead atoms. The summed E-state index contributed by atoms with van der Waals surface area (Å²) in [4.78, 5) is 28.7. The molecule has 10 heteroatoms. The SMILES string of the molecule is CNC(=O)c1cn2ncnc(N)c2c1-c1ccc(NC(=O)Nc2cc(C)cc(F)c2)cc1. The maximum Gasteiger partial charge on any atom is 0.323 e. The minimum Gasteiger partial charge on any atom is -0.382 e. The van der Waals surface area contributed by atoms with Crippen molar-refractivity contribution in [1.82, 2.24) is 19.9 Å². The van der Waals surface area contributed by atoms with Crippen molar-refractivity contribution in [2.24, 2.45) is 0 Å². The van der Waals surface area contributed by atoms with Crippen LogP contribution in [0.25, 0.3) is 16.6 Å². The summed E-state index contributed by atoms with van der Waals surface area (Å²) in [6.45, 7) is 1.74. The highest BCUT2D eigenvalue weighted by atomic mass is 19.1. The molecule has 0 fully saturated rings. The largest absolute Gasteiger partial charge is 0.382 e. The average molecular weight is 433 g/mol. The van der Waals surface area contributed by atoms with Gasteiger partial charge in [0.05, 0.1) is 5.56 Å². The number of rotatable bonds is 4. The molecule has 0 unspecified atom stereocenters. The van der Waals surface area contributed by atoms with Gasteiger partial charge in [-0.3, -0.25) is 4.79 Å². The molecule has 2 heterocycles. The zero-order chi connectivity index (χ0) is 22.8. The number of amides is 3. The van der Waals surface area contributed by atoms with Crippen molar-refractivity contribution < 1.29 is 14.0 Å². The van der Waals surface area contributed by atoms with E-state index in [0.717, 1.165) is 0 Å². The van der Waals surface area contributed by atoms with E-state index < -0.39 is 11.8 Å². The number of nitrogens with one attached hydrogen (secondary N) is 3. The van der Waals surface area contributed by atoms with Gasteiger partial charge in [0.2, 0.25) is 0 Å². The maximum absolute atomic E-state index is 13.5. The number of hydrogen-bond acceptors (Lipinski definition) is 5. The first-order chi connectivity index (χ1) is 15.4. The average Bonchev–Trinajstić information content (AvgIpc) is 3.14. The summed E-state index contributed by atoms with van der Waals surface area (Å²) >= 11 is 0. The lowest BCUT2D eigenvalue weighted by molar-refractivity contribution is 0.0963. The summed E-state index contributed by atoms with van der Waals surface area (Å²) in [5.41, 5.74) is 9.76. The molecular weight excluding hydrogens is 413 g/mol. The molecule has 0 aliphatic carbocycles. The molecule has 0 aliphatic rings. The van der Waals surface area contributed by atoms with E-state index in [1.165, 1.54) is 30.0 Å². The second kappa shape index (κ2) is 8.34. The second-order valence-electron chi connectivity index (χ2n) is 7.11. The third-order valence-electron chi connectivity index (χ3n) is 4.81. The molecule has 0 atom stereocenters. The number of nitrogen functional groups attached to an aromatic ring is 1. The zero-order valence-corrected chi connectivity index (χ0v) is 17.3. The summed E-state index contributed by atoms with van der Waals surface area (Å²) in [6, 6.07) is 10.6.